The Hall–Kier alpha value is -2.69. The topological polar surface area (TPSA) is 79.4 Å². The quantitative estimate of drug-likeness (QED) is 0.554. The van der Waals surface area contributed by atoms with E-state index in [0.717, 1.165) is 31.2 Å². The van der Waals surface area contributed by atoms with Gasteiger partial charge in [0.15, 0.2) is 0 Å². The van der Waals surface area contributed by atoms with Gasteiger partial charge in [0.2, 0.25) is 10.0 Å². The molecule has 0 spiro atoms. The number of nitrogens with zero attached hydrogens (tertiary/aromatic N) is 2. The molecular formula is C22H25F4N3O3S. The number of benzene rings is 1. The number of carbonyl (C=O) groups excluding carboxylic acids is 1. The standard InChI is InChI=1S/C22H25F4N3O3S/c1-14(16-5-8-18(17(23)13-16)28-33(2,31)32)19(30)9-6-15-7-10-20(22(24,25)26)27-21(15)29-11-3-4-12-29/h5,7-8,10,13-14,28H,3-4,6,9,11-12H2,1-2H3. The van der Waals surface area contributed by atoms with Crippen LogP contribution in [0.1, 0.15) is 48.9 Å². The Kier molecular flexibility index (Phi) is 7.30. The molecule has 2 heterocycles. The molecule has 1 aromatic carbocycles. The number of aryl methyl sites for hydroxylation is 1. The average molecular weight is 488 g/mol. The number of pyridine rings is 1. The maximum Gasteiger partial charge on any atom is 0.433 e. The lowest BCUT2D eigenvalue weighted by atomic mass is 9.92. The fraction of sp³-hybridized carbons (Fsp3) is 0.455. The number of rotatable bonds is 8. The molecule has 0 amide bonds. The highest BCUT2D eigenvalue weighted by atomic mass is 32.2. The molecule has 1 aliphatic heterocycles. The first-order chi connectivity index (χ1) is 15.3. The summed E-state index contributed by atoms with van der Waals surface area (Å²) >= 11 is 0. The number of hydrogen-bond donors (Lipinski definition) is 1. The summed E-state index contributed by atoms with van der Waals surface area (Å²) in [6.45, 7) is 2.82. The first-order valence-electron chi connectivity index (χ1n) is 10.5. The Morgan fingerprint density at radius 1 is 1.18 bits per heavy atom. The van der Waals surface area contributed by atoms with Gasteiger partial charge >= 0.3 is 6.18 Å². The summed E-state index contributed by atoms with van der Waals surface area (Å²) in [5.74, 6) is -1.44. The van der Waals surface area contributed by atoms with Gasteiger partial charge in [-0.1, -0.05) is 19.1 Å². The zero-order valence-electron chi connectivity index (χ0n) is 18.2. The maximum absolute atomic E-state index is 14.3. The fourth-order valence-electron chi connectivity index (χ4n) is 3.78. The van der Waals surface area contributed by atoms with Crippen molar-refractivity contribution in [3.63, 3.8) is 0 Å². The van der Waals surface area contributed by atoms with Crippen LogP contribution in [-0.4, -0.2) is 38.5 Å². The van der Waals surface area contributed by atoms with Crippen molar-refractivity contribution in [2.75, 3.05) is 29.0 Å². The van der Waals surface area contributed by atoms with Crippen molar-refractivity contribution < 1.29 is 30.8 Å². The van der Waals surface area contributed by atoms with Gasteiger partial charge < -0.3 is 4.90 Å². The molecule has 0 aliphatic carbocycles. The molecule has 1 atom stereocenters. The molecule has 1 unspecified atom stereocenters. The van der Waals surface area contributed by atoms with Gasteiger partial charge in [-0.25, -0.2) is 17.8 Å². The number of sulfonamides is 1. The average Bonchev–Trinajstić information content (AvgIpc) is 3.26. The van der Waals surface area contributed by atoms with Gasteiger partial charge in [-0.15, -0.1) is 0 Å². The third-order valence-corrected chi connectivity index (χ3v) is 6.15. The molecule has 1 aliphatic rings. The normalized spacial score (nSPS) is 15.5. The van der Waals surface area contributed by atoms with Crippen molar-refractivity contribution in [1.82, 2.24) is 4.98 Å². The number of Topliss-reactive ketones (excluding diaryl/α,β-unsaturated/α-hetero) is 1. The van der Waals surface area contributed by atoms with Gasteiger partial charge in [-0.05, 0) is 48.6 Å². The minimum atomic E-state index is -4.56. The van der Waals surface area contributed by atoms with Gasteiger partial charge in [-0.2, -0.15) is 13.2 Å². The number of aromatic nitrogens is 1. The van der Waals surface area contributed by atoms with Crippen LogP contribution in [0.5, 0.6) is 0 Å². The molecule has 3 rings (SSSR count). The molecule has 1 fully saturated rings. The monoisotopic (exact) mass is 487 g/mol. The number of hydrogen-bond acceptors (Lipinski definition) is 5. The first kappa shape index (κ1) is 24.9. The summed E-state index contributed by atoms with van der Waals surface area (Å²) in [7, 11) is -3.65. The van der Waals surface area contributed by atoms with E-state index in [4.69, 9.17) is 0 Å². The van der Waals surface area contributed by atoms with E-state index in [9.17, 15) is 30.8 Å². The molecule has 1 N–H and O–H groups in total. The summed E-state index contributed by atoms with van der Waals surface area (Å²) < 4.78 is 78.3. The van der Waals surface area contributed by atoms with Crippen molar-refractivity contribution in [2.24, 2.45) is 0 Å². The SMILES string of the molecule is CC(C(=O)CCc1ccc(C(F)(F)F)nc1N1CCCC1)c1ccc(NS(C)(=O)=O)c(F)c1. The zero-order chi connectivity index (χ0) is 24.4. The van der Waals surface area contributed by atoms with Gasteiger partial charge in [0.25, 0.3) is 0 Å². The summed E-state index contributed by atoms with van der Waals surface area (Å²) in [4.78, 5) is 18.4. The second-order valence-electron chi connectivity index (χ2n) is 8.17. The van der Waals surface area contributed by atoms with E-state index in [2.05, 4.69) is 9.71 Å². The lowest BCUT2D eigenvalue weighted by Gasteiger charge is -2.22. The second-order valence-corrected chi connectivity index (χ2v) is 9.92. The van der Waals surface area contributed by atoms with Crippen LogP contribution < -0.4 is 9.62 Å². The van der Waals surface area contributed by atoms with Gasteiger partial charge in [-0.3, -0.25) is 9.52 Å². The number of ketones is 1. The smallest absolute Gasteiger partial charge is 0.356 e. The highest BCUT2D eigenvalue weighted by molar-refractivity contribution is 7.92. The Bertz CT molecular complexity index is 1130. The number of halogens is 4. The maximum atomic E-state index is 14.3. The lowest BCUT2D eigenvalue weighted by molar-refractivity contribution is -0.141. The Balaban J connectivity index is 1.74. The molecule has 1 saturated heterocycles. The molecule has 0 bridgehead atoms. The largest absolute Gasteiger partial charge is 0.433 e. The molecular weight excluding hydrogens is 462 g/mol. The third-order valence-electron chi connectivity index (χ3n) is 5.56. The number of anilines is 2. The minimum Gasteiger partial charge on any atom is -0.356 e. The molecule has 6 nitrogen and oxygen atoms in total. The van der Waals surface area contributed by atoms with Crippen LogP contribution in [0.3, 0.4) is 0 Å². The molecule has 11 heteroatoms. The summed E-state index contributed by atoms with van der Waals surface area (Å²) in [5, 5.41) is 0. The molecule has 0 saturated carbocycles. The van der Waals surface area contributed by atoms with Crippen molar-refractivity contribution in [1.29, 1.82) is 0 Å². The fourth-order valence-corrected chi connectivity index (χ4v) is 4.34. The molecule has 33 heavy (non-hydrogen) atoms. The van der Waals surface area contributed by atoms with Crippen molar-refractivity contribution in [2.45, 2.75) is 44.7 Å². The van der Waals surface area contributed by atoms with Gasteiger partial charge in [0.05, 0.1) is 11.9 Å². The Morgan fingerprint density at radius 3 is 2.42 bits per heavy atom. The molecule has 180 valence electrons. The van der Waals surface area contributed by atoms with E-state index < -0.39 is 33.6 Å². The molecule has 1 aromatic heterocycles. The number of carbonyl (C=O) groups is 1. The number of alkyl halides is 3. The second kappa shape index (κ2) is 9.66. The van der Waals surface area contributed by atoms with Crippen LogP contribution in [0.25, 0.3) is 0 Å². The third kappa shape index (κ3) is 6.43. The molecule has 2 aromatic rings. The van der Waals surface area contributed by atoms with Crippen LogP contribution in [-0.2, 0) is 27.4 Å². The predicted molar refractivity (Wildman–Crippen MR) is 117 cm³/mol. The lowest BCUT2D eigenvalue weighted by Crippen LogP contribution is -2.23. The van der Waals surface area contributed by atoms with Gasteiger partial charge in [0, 0.05) is 25.4 Å². The van der Waals surface area contributed by atoms with Crippen LogP contribution in [0, 0.1) is 5.82 Å². The summed E-state index contributed by atoms with van der Waals surface area (Å²) in [6, 6.07) is 6.11. The van der Waals surface area contributed by atoms with Crippen LogP contribution in [0.15, 0.2) is 30.3 Å². The summed E-state index contributed by atoms with van der Waals surface area (Å²) in [5.41, 5.74) is -0.246. The van der Waals surface area contributed by atoms with Crippen LogP contribution in [0.4, 0.5) is 29.1 Å². The van der Waals surface area contributed by atoms with E-state index >= 15 is 0 Å². The van der Waals surface area contributed by atoms with E-state index in [1.807, 2.05) is 0 Å². The first-order valence-corrected chi connectivity index (χ1v) is 12.4. The van der Waals surface area contributed by atoms with Crippen LogP contribution >= 0.6 is 0 Å². The zero-order valence-corrected chi connectivity index (χ0v) is 19.1. The Labute approximate surface area is 190 Å². The predicted octanol–water partition coefficient (Wildman–Crippen LogP) is 4.52. The summed E-state index contributed by atoms with van der Waals surface area (Å²) in [6.07, 6.45) is -1.68. The highest BCUT2D eigenvalue weighted by Crippen LogP contribution is 2.32. The molecule has 0 radical (unpaired) electrons. The van der Waals surface area contributed by atoms with Crippen molar-refractivity contribution in [3.05, 3.63) is 53.0 Å². The van der Waals surface area contributed by atoms with Crippen molar-refractivity contribution in [3.8, 4) is 0 Å². The van der Waals surface area contributed by atoms with Crippen molar-refractivity contribution >= 4 is 27.3 Å². The minimum absolute atomic E-state index is 0.0417. The number of nitrogens with one attached hydrogen (secondary N) is 1. The highest BCUT2D eigenvalue weighted by Gasteiger charge is 2.34. The van der Waals surface area contributed by atoms with E-state index in [1.165, 1.54) is 18.2 Å². The van der Waals surface area contributed by atoms with E-state index in [0.29, 0.717) is 24.2 Å². The van der Waals surface area contributed by atoms with Crippen LogP contribution in [0.2, 0.25) is 0 Å². The Morgan fingerprint density at radius 2 is 1.85 bits per heavy atom. The van der Waals surface area contributed by atoms with E-state index in [1.54, 1.807) is 11.8 Å². The van der Waals surface area contributed by atoms with Gasteiger partial charge in [0.1, 0.15) is 23.1 Å². The van der Waals surface area contributed by atoms with E-state index in [-0.39, 0.29) is 30.1 Å².